The number of esters is 2. The third kappa shape index (κ3) is 6.16. The molecule has 0 aliphatic carbocycles. The Hall–Kier alpha value is -3.20. The lowest BCUT2D eigenvalue weighted by Gasteiger charge is -2.31. The molecule has 1 unspecified atom stereocenters. The Kier molecular flexibility index (Phi) is 7.79. The summed E-state index contributed by atoms with van der Waals surface area (Å²) in [6.45, 7) is 7.68. The number of allylic oxidation sites excluding steroid dienone is 2. The predicted octanol–water partition coefficient (Wildman–Crippen LogP) is 3.03. The normalized spacial score (nSPS) is 16.7. The van der Waals surface area contributed by atoms with E-state index in [4.69, 9.17) is 9.47 Å². The Morgan fingerprint density at radius 1 is 1.12 bits per heavy atom. The summed E-state index contributed by atoms with van der Waals surface area (Å²) >= 11 is 0. The smallest absolute Gasteiger partial charge is 0.337 e. The molecule has 1 aromatic rings. The lowest BCUT2D eigenvalue weighted by atomic mass is 9.80. The first-order valence-corrected chi connectivity index (χ1v) is 10.4. The van der Waals surface area contributed by atoms with Crippen LogP contribution in [0.4, 0.5) is 5.69 Å². The van der Waals surface area contributed by atoms with Crippen LogP contribution in [0.15, 0.2) is 46.8 Å². The van der Waals surface area contributed by atoms with Gasteiger partial charge in [0.25, 0.3) is 5.69 Å². The maximum atomic E-state index is 13.2. The molecule has 0 amide bonds. The van der Waals surface area contributed by atoms with Crippen molar-refractivity contribution in [1.29, 1.82) is 0 Å². The van der Waals surface area contributed by atoms with E-state index in [0.717, 1.165) is 0 Å². The molecule has 1 aromatic carbocycles. The highest BCUT2D eigenvalue weighted by molar-refractivity contribution is 6.00. The van der Waals surface area contributed by atoms with Gasteiger partial charge in [-0.25, -0.2) is 9.59 Å². The van der Waals surface area contributed by atoms with E-state index in [1.54, 1.807) is 33.8 Å². The number of quaternary nitrogens is 1. The first kappa shape index (κ1) is 25.1. The van der Waals surface area contributed by atoms with Crippen molar-refractivity contribution >= 4 is 17.6 Å². The summed E-state index contributed by atoms with van der Waals surface area (Å²) in [5, 5.41) is 14.4. The maximum absolute atomic E-state index is 13.2. The number of likely N-dealkylation sites (N-methyl/N-ethyl adjacent to an activating group) is 1. The van der Waals surface area contributed by atoms with Gasteiger partial charge in [0.1, 0.15) is 13.2 Å². The molecule has 0 saturated carbocycles. The number of dihydropyridines is 1. The Balaban J connectivity index is 2.55. The zero-order chi connectivity index (χ0) is 24.2. The molecule has 9 heteroatoms. The number of carbonyl (C=O) groups is 2. The van der Waals surface area contributed by atoms with Crippen LogP contribution in [0.25, 0.3) is 0 Å². The van der Waals surface area contributed by atoms with Crippen molar-refractivity contribution in [3.05, 3.63) is 62.5 Å². The van der Waals surface area contributed by atoms with Crippen LogP contribution in [0.3, 0.4) is 0 Å². The monoisotopic (exact) mass is 446 g/mol. The fourth-order valence-electron chi connectivity index (χ4n) is 3.45. The molecule has 0 radical (unpaired) electrons. The summed E-state index contributed by atoms with van der Waals surface area (Å²) in [5.74, 6) is -2.04. The van der Waals surface area contributed by atoms with Crippen LogP contribution >= 0.6 is 0 Å². The number of benzene rings is 1. The molecule has 1 aliphatic heterocycles. The Bertz CT molecular complexity index is 972. The third-order valence-electron chi connectivity index (χ3n) is 4.95. The van der Waals surface area contributed by atoms with Gasteiger partial charge in [0.15, 0.2) is 0 Å². The van der Waals surface area contributed by atoms with E-state index in [0.29, 0.717) is 28.0 Å². The molecule has 2 rings (SSSR count). The summed E-state index contributed by atoms with van der Waals surface area (Å²) < 4.78 is 11.6. The van der Waals surface area contributed by atoms with Crippen LogP contribution < -0.4 is 5.32 Å². The van der Waals surface area contributed by atoms with Gasteiger partial charge in [-0.1, -0.05) is 12.1 Å². The molecule has 32 heavy (non-hydrogen) atoms. The van der Waals surface area contributed by atoms with Crippen molar-refractivity contribution in [3.8, 4) is 0 Å². The summed E-state index contributed by atoms with van der Waals surface area (Å²) in [5.41, 5.74) is 1.80. The van der Waals surface area contributed by atoms with Crippen LogP contribution in [0.2, 0.25) is 0 Å². The van der Waals surface area contributed by atoms with Crippen LogP contribution in [-0.4, -0.2) is 61.7 Å². The lowest BCUT2D eigenvalue weighted by molar-refractivity contribution is -0.870. The molecule has 1 aliphatic rings. The second-order valence-electron chi connectivity index (χ2n) is 9.09. The van der Waals surface area contributed by atoms with Crippen molar-refractivity contribution in [2.45, 2.75) is 39.7 Å². The highest BCUT2D eigenvalue weighted by Crippen LogP contribution is 2.40. The topological polar surface area (TPSA) is 108 Å². The van der Waals surface area contributed by atoms with Crippen molar-refractivity contribution < 1.29 is 28.5 Å². The van der Waals surface area contributed by atoms with Gasteiger partial charge < -0.3 is 19.3 Å². The van der Waals surface area contributed by atoms with E-state index in [9.17, 15) is 19.7 Å². The molecular formula is C23H32N3O6+. The Morgan fingerprint density at radius 2 is 1.72 bits per heavy atom. The van der Waals surface area contributed by atoms with Gasteiger partial charge in [-0.2, -0.15) is 0 Å². The van der Waals surface area contributed by atoms with Gasteiger partial charge in [-0.15, -0.1) is 0 Å². The van der Waals surface area contributed by atoms with E-state index in [1.807, 2.05) is 21.1 Å². The molecule has 0 aromatic heterocycles. The highest BCUT2D eigenvalue weighted by atomic mass is 16.6. The number of ether oxygens (including phenoxy) is 2. The second-order valence-corrected chi connectivity index (χ2v) is 9.09. The van der Waals surface area contributed by atoms with Crippen LogP contribution in [0, 0.1) is 10.1 Å². The lowest BCUT2D eigenvalue weighted by Crippen LogP contribution is -2.38. The van der Waals surface area contributed by atoms with Crippen molar-refractivity contribution in [2.24, 2.45) is 0 Å². The fourth-order valence-corrected chi connectivity index (χ4v) is 3.45. The average Bonchev–Trinajstić information content (AvgIpc) is 2.65. The summed E-state index contributed by atoms with van der Waals surface area (Å²) in [6, 6.07) is 5.93. The van der Waals surface area contributed by atoms with E-state index in [1.165, 1.54) is 18.2 Å². The van der Waals surface area contributed by atoms with Gasteiger partial charge in [-0.05, 0) is 33.3 Å². The van der Waals surface area contributed by atoms with E-state index >= 15 is 0 Å². The van der Waals surface area contributed by atoms with Crippen LogP contribution in [0.5, 0.6) is 0 Å². The van der Waals surface area contributed by atoms with Crippen molar-refractivity contribution in [3.63, 3.8) is 0 Å². The zero-order valence-electron chi connectivity index (χ0n) is 19.7. The largest absolute Gasteiger partial charge is 0.460 e. The van der Waals surface area contributed by atoms with E-state index in [-0.39, 0.29) is 29.5 Å². The molecule has 1 N–H and O–H groups in total. The predicted molar refractivity (Wildman–Crippen MR) is 119 cm³/mol. The number of hydrogen-bond donors (Lipinski definition) is 1. The van der Waals surface area contributed by atoms with Gasteiger partial charge >= 0.3 is 11.9 Å². The van der Waals surface area contributed by atoms with Gasteiger partial charge in [0.2, 0.25) is 0 Å². The number of hydrogen-bond acceptors (Lipinski definition) is 7. The summed E-state index contributed by atoms with van der Waals surface area (Å²) in [4.78, 5) is 37.0. The molecule has 174 valence electrons. The average molecular weight is 447 g/mol. The SMILES string of the molecule is CC1=C(C(=O)OCC[N+](C)(C)C)C(c2cccc([N+](=O)[O-])c2)C(C(=O)OC(C)C)=C(C)N1. The maximum Gasteiger partial charge on any atom is 0.337 e. The van der Waals surface area contributed by atoms with Gasteiger partial charge in [0, 0.05) is 23.5 Å². The number of nitrogens with one attached hydrogen (secondary N) is 1. The third-order valence-corrected chi connectivity index (χ3v) is 4.95. The minimum Gasteiger partial charge on any atom is -0.460 e. The summed E-state index contributed by atoms with van der Waals surface area (Å²) in [6.07, 6.45) is -0.375. The van der Waals surface area contributed by atoms with Crippen molar-refractivity contribution in [1.82, 2.24) is 5.32 Å². The number of nitrogens with zero attached hydrogens (tertiary/aromatic N) is 2. The van der Waals surface area contributed by atoms with Gasteiger partial charge in [-0.3, -0.25) is 10.1 Å². The molecule has 0 spiro atoms. The van der Waals surface area contributed by atoms with Gasteiger partial charge in [0.05, 0.1) is 49.2 Å². The quantitative estimate of drug-likeness (QED) is 0.283. The standard InChI is InChI=1S/C23H31N3O6/c1-14(2)32-23(28)20-16(4)24-15(3)19(22(27)31-12-11-26(5,6)7)21(20)17-9-8-10-18(13-17)25(29)30/h8-10,13-14,21H,11-12H2,1-7H3/p+1. The second kappa shape index (κ2) is 9.95. The Labute approximate surface area is 188 Å². The number of nitro benzene ring substituents is 1. The number of non-ortho nitro benzene ring substituents is 1. The van der Waals surface area contributed by atoms with Crippen molar-refractivity contribution in [2.75, 3.05) is 34.3 Å². The minimum absolute atomic E-state index is 0.134. The minimum atomic E-state index is -0.862. The molecule has 9 nitrogen and oxygen atoms in total. The molecule has 0 saturated heterocycles. The number of nitro groups is 1. The zero-order valence-corrected chi connectivity index (χ0v) is 19.7. The van der Waals surface area contributed by atoms with Crippen LogP contribution in [0.1, 0.15) is 39.2 Å². The van der Waals surface area contributed by atoms with E-state index < -0.39 is 22.8 Å². The number of carbonyl (C=O) groups excluding carboxylic acids is 2. The molecule has 1 atom stereocenters. The first-order chi connectivity index (χ1) is 14.8. The molecule has 0 bridgehead atoms. The summed E-state index contributed by atoms with van der Waals surface area (Å²) in [7, 11) is 5.95. The fraction of sp³-hybridized carbons (Fsp3) is 0.478. The Morgan fingerprint density at radius 3 is 2.25 bits per heavy atom. The molecule has 0 fully saturated rings. The number of rotatable bonds is 8. The molecule has 1 heterocycles. The first-order valence-electron chi connectivity index (χ1n) is 10.4. The van der Waals surface area contributed by atoms with E-state index in [2.05, 4.69) is 5.32 Å². The highest BCUT2D eigenvalue weighted by Gasteiger charge is 2.38. The molecular weight excluding hydrogens is 414 g/mol. The van der Waals surface area contributed by atoms with Crippen LogP contribution in [-0.2, 0) is 19.1 Å².